The molecule has 4 heteroatoms. The lowest BCUT2D eigenvalue weighted by Gasteiger charge is -2.46. The molecule has 1 aromatic rings. The number of rotatable bonds is 3. The quantitative estimate of drug-likeness (QED) is 0.926. The Labute approximate surface area is 125 Å². The van der Waals surface area contributed by atoms with E-state index in [0.717, 1.165) is 18.4 Å². The second-order valence-electron chi connectivity index (χ2n) is 6.66. The van der Waals surface area contributed by atoms with Gasteiger partial charge in [0.25, 0.3) is 0 Å². The van der Waals surface area contributed by atoms with Crippen LogP contribution in [0.1, 0.15) is 44.7 Å². The van der Waals surface area contributed by atoms with E-state index in [9.17, 15) is 9.59 Å². The average Bonchev–Trinajstić information content (AvgIpc) is 2.46. The normalized spacial score (nSPS) is 28.0. The van der Waals surface area contributed by atoms with Gasteiger partial charge in [-0.25, -0.2) is 0 Å². The topological polar surface area (TPSA) is 49.4 Å². The van der Waals surface area contributed by atoms with Gasteiger partial charge in [-0.1, -0.05) is 43.7 Å². The summed E-state index contributed by atoms with van der Waals surface area (Å²) in [6.45, 7) is 4.71. The van der Waals surface area contributed by atoms with Crippen molar-refractivity contribution in [3.8, 4) is 0 Å². The number of carbonyl (C=O) groups is 2. The van der Waals surface area contributed by atoms with E-state index in [1.54, 1.807) is 4.90 Å². The molecule has 0 radical (unpaired) electrons. The molecule has 1 saturated carbocycles. The van der Waals surface area contributed by atoms with Crippen molar-refractivity contribution in [1.29, 1.82) is 0 Å². The Kier molecular flexibility index (Phi) is 3.47. The zero-order valence-corrected chi connectivity index (χ0v) is 12.6. The predicted molar refractivity (Wildman–Crippen MR) is 80.5 cm³/mol. The van der Waals surface area contributed by atoms with Gasteiger partial charge < -0.3 is 10.2 Å². The molecule has 1 heterocycles. The van der Waals surface area contributed by atoms with E-state index >= 15 is 0 Å². The smallest absolute Gasteiger partial charge is 0.250 e. The van der Waals surface area contributed by atoms with E-state index in [2.05, 4.69) is 12.2 Å². The van der Waals surface area contributed by atoms with Gasteiger partial charge in [-0.2, -0.15) is 0 Å². The maximum Gasteiger partial charge on any atom is 0.250 e. The highest BCUT2D eigenvalue weighted by molar-refractivity contribution is 5.97. The van der Waals surface area contributed by atoms with Gasteiger partial charge in [0.1, 0.15) is 12.1 Å². The maximum atomic E-state index is 12.8. The summed E-state index contributed by atoms with van der Waals surface area (Å²) in [7, 11) is 0. The van der Waals surface area contributed by atoms with Crippen LogP contribution in [0.5, 0.6) is 0 Å². The summed E-state index contributed by atoms with van der Waals surface area (Å²) in [5.74, 6) is -0.0483. The van der Waals surface area contributed by atoms with E-state index in [4.69, 9.17) is 0 Å². The molecule has 112 valence electrons. The van der Waals surface area contributed by atoms with E-state index in [1.807, 2.05) is 37.3 Å². The van der Waals surface area contributed by atoms with Crippen molar-refractivity contribution in [2.45, 2.75) is 45.2 Å². The fourth-order valence-corrected chi connectivity index (χ4v) is 3.26. The Hall–Kier alpha value is -1.84. The van der Waals surface area contributed by atoms with Crippen LogP contribution >= 0.6 is 0 Å². The first-order chi connectivity index (χ1) is 10.0. The lowest BCUT2D eigenvalue weighted by Crippen LogP contribution is -2.60. The Morgan fingerprint density at radius 1 is 1.24 bits per heavy atom. The number of piperazine rings is 1. The SMILES string of the molecule is CC1C(=O)NC(c2ccccc2)C(=O)N1CC1(C)CCC1. The third kappa shape index (κ3) is 2.55. The molecule has 1 aliphatic heterocycles. The number of hydrogen-bond donors (Lipinski definition) is 1. The number of nitrogens with zero attached hydrogens (tertiary/aromatic N) is 1. The van der Waals surface area contributed by atoms with Crippen LogP contribution in [0.25, 0.3) is 0 Å². The molecule has 4 nitrogen and oxygen atoms in total. The zero-order valence-electron chi connectivity index (χ0n) is 12.6. The van der Waals surface area contributed by atoms with E-state index in [1.165, 1.54) is 6.42 Å². The van der Waals surface area contributed by atoms with Crippen LogP contribution in [0, 0.1) is 5.41 Å². The molecule has 2 amide bonds. The van der Waals surface area contributed by atoms with Gasteiger partial charge in [0, 0.05) is 6.54 Å². The minimum absolute atomic E-state index is 0.0152. The van der Waals surface area contributed by atoms with Crippen LogP contribution in [0.2, 0.25) is 0 Å². The van der Waals surface area contributed by atoms with Crippen molar-refractivity contribution in [2.75, 3.05) is 6.54 Å². The summed E-state index contributed by atoms with van der Waals surface area (Å²) < 4.78 is 0. The molecule has 2 fully saturated rings. The standard InChI is InChI=1S/C17H22N2O2/c1-12-15(20)18-14(13-7-4-3-5-8-13)16(21)19(12)11-17(2)9-6-10-17/h3-5,7-8,12,14H,6,9-11H2,1-2H3,(H,18,20). The van der Waals surface area contributed by atoms with Crippen molar-refractivity contribution < 1.29 is 9.59 Å². The molecule has 1 saturated heterocycles. The minimum Gasteiger partial charge on any atom is -0.339 e. The second-order valence-corrected chi connectivity index (χ2v) is 6.66. The molecular weight excluding hydrogens is 264 g/mol. The first-order valence-electron chi connectivity index (χ1n) is 7.66. The molecule has 0 bridgehead atoms. The van der Waals surface area contributed by atoms with Crippen LogP contribution < -0.4 is 5.32 Å². The highest BCUT2D eigenvalue weighted by atomic mass is 16.2. The van der Waals surface area contributed by atoms with Crippen molar-refractivity contribution in [3.63, 3.8) is 0 Å². The number of benzene rings is 1. The minimum atomic E-state index is -0.543. The average molecular weight is 286 g/mol. The van der Waals surface area contributed by atoms with Gasteiger partial charge in [0.2, 0.25) is 11.8 Å². The van der Waals surface area contributed by atoms with E-state index in [-0.39, 0.29) is 23.3 Å². The highest BCUT2D eigenvalue weighted by Crippen LogP contribution is 2.42. The largest absolute Gasteiger partial charge is 0.339 e. The molecule has 3 rings (SSSR count). The summed E-state index contributed by atoms with van der Waals surface area (Å²) in [6.07, 6.45) is 3.50. The summed E-state index contributed by atoms with van der Waals surface area (Å²) in [5.41, 5.74) is 1.04. The molecule has 1 aromatic carbocycles. The Bertz CT molecular complexity index is 551. The summed E-state index contributed by atoms with van der Waals surface area (Å²) in [5, 5.41) is 2.85. The number of nitrogens with one attached hydrogen (secondary N) is 1. The van der Waals surface area contributed by atoms with Crippen molar-refractivity contribution in [1.82, 2.24) is 10.2 Å². The monoisotopic (exact) mass is 286 g/mol. The fourth-order valence-electron chi connectivity index (χ4n) is 3.26. The lowest BCUT2D eigenvalue weighted by molar-refractivity contribution is -0.151. The first kappa shape index (κ1) is 14.1. The Morgan fingerprint density at radius 2 is 1.90 bits per heavy atom. The summed E-state index contributed by atoms with van der Waals surface area (Å²) in [6, 6.07) is 8.56. The molecule has 0 spiro atoms. The number of carbonyl (C=O) groups excluding carboxylic acids is 2. The number of amides is 2. The van der Waals surface area contributed by atoms with Gasteiger partial charge in [-0.3, -0.25) is 9.59 Å². The first-order valence-corrected chi connectivity index (χ1v) is 7.66. The number of hydrogen-bond acceptors (Lipinski definition) is 2. The molecule has 2 unspecified atom stereocenters. The van der Waals surface area contributed by atoms with E-state index in [0.29, 0.717) is 6.54 Å². The van der Waals surface area contributed by atoms with Gasteiger partial charge in [-0.05, 0) is 30.7 Å². The zero-order chi connectivity index (χ0) is 15.0. The Balaban J connectivity index is 1.84. The third-order valence-electron chi connectivity index (χ3n) is 4.91. The van der Waals surface area contributed by atoms with Gasteiger partial charge in [-0.15, -0.1) is 0 Å². The molecule has 1 aliphatic carbocycles. The van der Waals surface area contributed by atoms with Crippen LogP contribution in [0.15, 0.2) is 30.3 Å². The molecule has 2 aliphatic rings. The lowest BCUT2D eigenvalue weighted by atomic mass is 9.70. The van der Waals surface area contributed by atoms with Crippen LogP contribution in [0.4, 0.5) is 0 Å². The van der Waals surface area contributed by atoms with Gasteiger partial charge in [0.15, 0.2) is 0 Å². The van der Waals surface area contributed by atoms with Crippen LogP contribution in [0.3, 0.4) is 0 Å². The fraction of sp³-hybridized carbons (Fsp3) is 0.529. The molecule has 21 heavy (non-hydrogen) atoms. The maximum absolute atomic E-state index is 12.8. The molecular formula is C17H22N2O2. The van der Waals surface area contributed by atoms with E-state index < -0.39 is 6.04 Å². The summed E-state index contributed by atoms with van der Waals surface area (Å²) >= 11 is 0. The Morgan fingerprint density at radius 3 is 2.48 bits per heavy atom. The highest BCUT2D eigenvalue weighted by Gasteiger charge is 2.43. The molecule has 1 N–H and O–H groups in total. The van der Waals surface area contributed by atoms with Crippen LogP contribution in [-0.4, -0.2) is 29.3 Å². The second kappa shape index (κ2) is 5.17. The molecule has 2 atom stereocenters. The van der Waals surface area contributed by atoms with Crippen molar-refractivity contribution in [2.24, 2.45) is 5.41 Å². The van der Waals surface area contributed by atoms with Crippen LogP contribution in [-0.2, 0) is 9.59 Å². The predicted octanol–water partition coefficient (Wildman–Crippen LogP) is 2.26. The van der Waals surface area contributed by atoms with Crippen molar-refractivity contribution >= 4 is 11.8 Å². The third-order valence-corrected chi connectivity index (χ3v) is 4.91. The van der Waals surface area contributed by atoms with Gasteiger partial charge in [0.05, 0.1) is 0 Å². The van der Waals surface area contributed by atoms with Crippen molar-refractivity contribution in [3.05, 3.63) is 35.9 Å². The molecule has 0 aromatic heterocycles. The summed E-state index contributed by atoms with van der Waals surface area (Å²) in [4.78, 5) is 26.8. The van der Waals surface area contributed by atoms with Gasteiger partial charge >= 0.3 is 0 Å².